The average Bonchev–Trinajstić information content (AvgIpc) is 2.19. The molecule has 0 aromatic carbocycles. The van der Waals surface area contributed by atoms with Crippen LogP contribution in [-0.2, 0) is 4.79 Å². The normalized spacial score (nSPS) is 31.0. The van der Waals surface area contributed by atoms with E-state index >= 15 is 0 Å². The predicted molar refractivity (Wildman–Crippen MR) is 64.7 cm³/mol. The Morgan fingerprint density at radius 2 is 2.07 bits per heavy atom. The lowest BCUT2D eigenvalue weighted by Gasteiger charge is -2.31. The van der Waals surface area contributed by atoms with E-state index in [4.69, 9.17) is 0 Å². The standard InChI is InChI=1S/C14H24O/c1-11(2)5-4-6-13-8-7-12(3)9-14(13)10-15/h5,10,12-14H,4,6-9H2,1-3H3. The molecule has 0 amide bonds. The molecule has 3 unspecified atom stereocenters. The number of carbonyl (C=O) groups is 1. The summed E-state index contributed by atoms with van der Waals surface area (Å²) in [6.07, 6.45) is 9.50. The van der Waals surface area contributed by atoms with Crippen molar-refractivity contribution in [3.8, 4) is 0 Å². The summed E-state index contributed by atoms with van der Waals surface area (Å²) < 4.78 is 0. The molecule has 0 spiro atoms. The first-order valence-electron chi connectivity index (χ1n) is 6.22. The molecule has 0 N–H and O–H groups in total. The van der Waals surface area contributed by atoms with Crippen molar-refractivity contribution in [3.05, 3.63) is 11.6 Å². The van der Waals surface area contributed by atoms with Gasteiger partial charge in [0.05, 0.1) is 0 Å². The van der Waals surface area contributed by atoms with E-state index in [2.05, 4.69) is 26.8 Å². The molecule has 86 valence electrons. The van der Waals surface area contributed by atoms with Gasteiger partial charge in [0.1, 0.15) is 6.29 Å². The Kier molecular flexibility index (Phi) is 5.07. The summed E-state index contributed by atoms with van der Waals surface area (Å²) in [7, 11) is 0. The molecule has 0 aromatic rings. The second-order valence-corrected chi connectivity index (χ2v) is 5.34. The fourth-order valence-electron chi connectivity index (χ4n) is 2.60. The molecule has 0 saturated heterocycles. The van der Waals surface area contributed by atoms with Crippen LogP contribution in [0.25, 0.3) is 0 Å². The van der Waals surface area contributed by atoms with Crippen LogP contribution in [0.15, 0.2) is 11.6 Å². The maximum Gasteiger partial charge on any atom is 0.123 e. The smallest absolute Gasteiger partial charge is 0.123 e. The summed E-state index contributed by atoms with van der Waals surface area (Å²) in [5.41, 5.74) is 1.39. The van der Waals surface area contributed by atoms with Crippen molar-refractivity contribution in [2.24, 2.45) is 17.8 Å². The number of rotatable bonds is 4. The topological polar surface area (TPSA) is 17.1 Å². The second kappa shape index (κ2) is 6.09. The zero-order valence-corrected chi connectivity index (χ0v) is 10.3. The molecular weight excluding hydrogens is 184 g/mol. The van der Waals surface area contributed by atoms with Crippen LogP contribution in [0.5, 0.6) is 0 Å². The van der Waals surface area contributed by atoms with Gasteiger partial charge in [-0.05, 0) is 51.4 Å². The van der Waals surface area contributed by atoms with E-state index in [9.17, 15) is 4.79 Å². The third-order valence-corrected chi connectivity index (χ3v) is 3.58. The van der Waals surface area contributed by atoms with E-state index in [-0.39, 0.29) is 0 Å². The Balaban J connectivity index is 2.39. The molecule has 1 fully saturated rings. The minimum atomic E-state index is 0.333. The van der Waals surface area contributed by atoms with Crippen molar-refractivity contribution in [2.45, 2.75) is 52.9 Å². The SMILES string of the molecule is CC(C)=CCCC1CCC(C)CC1C=O. The predicted octanol–water partition coefficient (Wildman–Crippen LogP) is 3.98. The Morgan fingerprint density at radius 1 is 1.33 bits per heavy atom. The Labute approximate surface area is 93.9 Å². The minimum absolute atomic E-state index is 0.333. The lowest BCUT2D eigenvalue weighted by molar-refractivity contribution is -0.114. The molecule has 1 heteroatoms. The van der Waals surface area contributed by atoms with Crippen LogP contribution in [0.2, 0.25) is 0 Å². The van der Waals surface area contributed by atoms with E-state index in [1.165, 1.54) is 31.1 Å². The van der Waals surface area contributed by atoms with Gasteiger partial charge in [0, 0.05) is 5.92 Å². The number of hydrogen-bond donors (Lipinski definition) is 0. The van der Waals surface area contributed by atoms with Gasteiger partial charge in [-0.25, -0.2) is 0 Å². The minimum Gasteiger partial charge on any atom is -0.303 e. The third kappa shape index (κ3) is 4.19. The van der Waals surface area contributed by atoms with Crippen molar-refractivity contribution in [1.29, 1.82) is 0 Å². The van der Waals surface area contributed by atoms with E-state index in [1.807, 2.05) is 0 Å². The molecule has 1 aliphatic rings. The highest BCUT2D eigenvalue weighted by Gasteiger charge is 2.27. The van der Waals surface area contributed by atoms with Crippen molar-refractivity contribution < 1.29 is 4.79 Å². The Hall–Kier alpha value is -0.590. The second-order valence-electron chi connectivity index (χ2n) is 5.34. The molecule has 0 aliphatic heterocycles. The zero-order valence-electron chi connectivity index (χ0n) is 10.3. The van der Waals surface area contributed by atoms with Gasteiger partial charge in [0.2, 0.25) is 0 Å². The Morgan fingerprint density at radius 3 is 2.67 bits per heavy atom. The monoisotopic (exact) mass is 208 g/mol. The van der Waals surface area contributed by atoms with Crippen molar-refractivity contribution in [3.63, 3.8) is 0 Å². The van der Waals surface area contributed by atoms with Gasteiger partial charge < -0.3 is 4.79 Å². The van der Waals surface area contributed by atoms with Crippen LogP contribution in [0.4, 0.5) is 0 Å². The lowest BCUT2D eigenvalue weighted by atomic mass is 9.73. The number of allylic oxidation sites excluding steroid dienone is 2. The number of carbonyl (C=O) groups excluding carboxylic acids is 1. The fraction of sp³-hybridized carbons (Fsp3) is 0.786. The lowest BCUT2D eigenvalue weighted by Crippen LogP contribution is -2.24. The molecule has 0 heterocycles. The number of aldehydes is 1. The molecule has 0 radical (unpaired) electrons. The van der Waals surface area contributed by atoms with E-state index in [1.54, 1.807) is 0 Å². The first-order chi connectivity index (χ1) is 7.13. The molecule has 15 heavy (non-hydrogen) atoms. The van der Waals surface area contributed by atoms with Crippen LogP contribution < -0.4 is 0 Å². The summed E-state index contributed by atoms with van der Waals surface area (Å²) in [5, 5.41) is 0. The molecular formula is C14H24O. The van der Waals surface area contributed by atoms with E-state index in [0.29, 0.717) is 11.8 Å². The van der Waals surface area contributed by atoms with Crippen LogP contribution in [0.3, 0.4) is 0 Å². The van der Waals surface area contributed by atoms with Crippen molar-refractivity contribution >= 4 is 6.29 Å². The maximum absolute atomic E-state index is 11.0. The van der Waals surface area contributed by atoms with E-state index in [0.717, 1.165) is 18.8 Å². The van der Waals surface area contributed by atoms with Crippen molar-refractivity contribution in [2.75, 3.05) is 0 Å². The first kappa shape index (κ1) is 12.5. The molecule has 1 nitrogen and oxygen atoms in total. The van der Waals surface area contributed by atoms with Gasteiger partial charge in [-0.15, -0.1) is 0 Å². The average molecular weight is 208 g/mol. The summed E-state index contributed by atoms with van der Waals surface area (Å²) in [5.74, 6) is 1.73. The summed E-state index contributed by atoms with van der Waals surface area (Å²) >= 11 is 0. The summed E-state index contributed by atoms with van der Waals surface area (Å²) in [6.45, 7) is 6.54. The van der Waals surface area contributed by atoms with Crippen LogP contribution in [0, 0.1) is 17.8 Å². The summed E-state index contributed by atoms with van der Waals surface area (Å²) in [6, 6.07) is 0. The van der Waals surface area contributed by atoms with E-state index < -0.39 is 0 Å². The quantitative estimate of drug-likeness (QED) is 0.504. The maximum atomic E-state index is 11.0. The van der Waals surface area contributed by atoms with Crippen LogP contribution >= 0.6 is 0 Å². The van der Waals surface area contributed by atoms with Crippen LogP contribution in [0.1, 0.15) is 52.9 Å². The largest absolute Gasteiger partial charge is 0.303 e. The summed E-state index contributed by atoms with van der Waals surface area (Å²) in [4.78, 5) is 11.0. The van der Waals surface area contributed by atoms with Gasteiger partial charge >= 0.3 is 0 Å². The highest BCUT2D eigenvalue weighted by molar-refractivity contribution is 5.54. The van der Waals surface area contributed by atoms with Gasteiger partial charge in [-0.3, -0.25) is 0 Å². The molecule has 3 atom stereocenters. The highest BCUT2D eigenvalue weighted by Crippen LogP contribution is 2.35. The van der Waals surface area contributed by atoms with Gasteiger partial charge in [-0.2, -0.15) is 0 Å². The zero-order chi connectivity index (χ0) is 11.3. The fourth-order valence-corrected chi connectivity index (χ4v) is 2.60. The van der Waals surface area contributed by atoms with Gasteiger partial charge in [0.25, 0.3) is 0 Å². The van der Waals surface area contributed by atoms with Gasteiger partial charge in [0.15, 0.2) is 0 Å². The third-order valence-electron chi connectivity index (χ3n) is 3.58. The molecule has 0 bridgehead atoms. The Bertz CT molecular complexity index is 225. The van der Waals surface area contributed by atoms with Crippen molar-refractivity contribution in [1.82, 2.24) is 0 Å². The number of hydrogen-bond acceptors (Lipinski definition) is 1. The molecule has 1 saturated carbocycles. The van der Waals surface area contributed by atoms with Gasteiger partial charge in [-0.1, -0.05) is 25.0 Å². The van der Waals surface area contributed by atoms with Crippen LogP contribution in [-0.4, -0.2) is 6.29 Å². The molecule has 1 rings (SSSR count). The highest BCUT2D eigenvalue weighted by atomic mass is 16.1. The first-order valence-corrected chi connectivity index (χ1v) is 6.22. The molecule has 0 aromatic heterocycles. The molecule has 1 aliphatic carbocycles.